The zero-order valence-corrected chi connectivity index (χ0v) is 13.2. The normalized spacial score (nSPS) is 17.1. The number of nitrogens with zero attached hydrogens (tertiary/aromatic N) is 4. The van der Waals surface area contributed by atoms with Crippen LogP contribution in [0.3, 0.4) is 0 Å². The molecule has 2 rings (SSSR count). The van der Waals surface area contributed by atoms with Gasteiger partial charge in [-0.15, -0.1) is 0 Å². The van der Waals surface area contributed by atoms with Crippen molar-refractivity contribution in [2.45, 2.75) is 39.3 Å². The lowest BCUT2D eigenvalue weighted by Crippen LogP contribution is -2.23. The van der Waals surface area contributed by atoms with Gasteiger partial charge < -0.3 is 8.53 Å². The van der Waals surface area contributed by atoms with Crippen LogP contribution in [0.15, 0.2) is 16.2 Å². The van der Waals surface area contributed by atoms with Crippen molar-refractivity contribution in [3.05, 3.63) is 11.9 Å². The summed E-state index contributed by atoms with van der Waals surface area (Å²) >= 11 is 1.38. The van der Waals surface area contributed by atoms with E-state index in [-0.39, 0.29) is 0 Å². The molecule has 19 heavy (non-hydrogen) atoms. The summed E-state index contributed by atoms with van der Waals surface area (Å²) in [5.74, 6) is 1.91. The molecular formula is C12H18AlN4O2. The van der Waals surface area contributed by atoms with Gasteiger partial charge in [0.15, 0.2) is 11.4 Å². The molecule has 0 spiro atoms. The number of rotatable bonds is 3. The molecule has 0 N–H and O–H groups in total. The summed E-state index contributed by atoms with van der Waals surface area (Å²) in [6.07, 6.45) is 3.70. The second-order valence-corrected chi connectivity index (χ2v) is 5.12. The molecule has 7 heteroatoms. The van der Waals surface area contributed by atoms with Gasteiger partial charge in [-0.1, -0.05) is 13.3 Å². The molecule has 0 saturated carbocycles. The summed E-state index contributed by atoms with van der Waals surface area (Å²) in [5, 5.41) is 4.52. The minimum atomic E-state index is -0.505. The quantitative estimate of drug-likeness (QED) is 0.776. The summed E-state index contributed by atoms with van der Waals surface area (Å²) in [6.45, 7) is 5.96. The monoisotopic (exact) mass is 277 g/mol. The Balaban J connectivity index is 2.40. The molecule has 0 bridgehead atoms. The summed E-state index contributed by atoms with van der Waals surface area (Å²) in [5.41, 5.74) is 0.422. The van der Waals surface area contributed by atoms with Crippen LogP contribution >= 0.6 is 0 Å². The maximum atomic E-state index is 5.34. The Morgan fingerprint density at radius 3 is 2.68 bits per heavy atom. The highest BCUT2D eigenvalue weighted by molar-refractivity contribution is 6.42. The molecule has 0 atom stereocenters. The van der Waals surface area contributed by atoms with Gasteiger partial charge in [-0.05, 0) is 20.3 Å². The van der Waals surface area contributed by atoms with E-state index in [2.05, 4.69) is 22.0 Å². The van der Waals surface area contributed by atoms with Gasteiger partial charge >= 0.3 is 16.6 Å². The fraction of sp³-hybridized carbons (Fsp3) is 0.583. The average Bonchev–Trinajstić information content (AvgIpc) is 2.90. The van der Waals surface area contributed by atoms with Crippen molar-refractivity contribution in [1.82, 2.24) is 9.78 Å². The van der Waals surface area contributed by atoms with Crippen molar-refractivity contribution in [2.24, 2.45) is 9.98 Å². The summed E-state index contributed by atoms with van der Waals surface area (Å²) in [7, 11) is 1.65. The van der Waals surface area contributed by atoms with E-state index >= 15 is 0 Å². The lowest BCUT2D eigenvalue weighted by Gasteiger charge is -2.06. The molecule has 0 aromatic carbocycles. The van der Waals surface area contributed by atoms with Crippen molar-refractivity contribution in [1.29, 1.82) is 0 Å². The van der Waals surface area contributed by atoms with Crippen LogP contribution in [-0.4, -0.2) is 50.9 Å². The van der Waals surface area contributed by atoms with Crippen molar-refractivity contribution in [2.75, 3.05) is 7.11 Å². The molecule has 0 amide bonds. The smallest absolute Gasteiger partial charge is 0.495 e. The van der Waals surface area contributed by atoms with Crippen molar-refractivity contribution >= 4 is 28.4 Å². The van der Waals surface area contributed by atoms with Crippen LogP contribution < -0.4 is 4.74 Å². The van der Waals surface area contributed by atoms with Crippen molar-refractivity contribution in [3.8, 4) is 5.75 Å². The fourth-order valence-electron chi connectivity index (χ4n) is 1.96. The molecule has 1 aliphatic heterocycles. The molecule has 1 aromatic heterocycles. The SMILES string of the molecule is CCCc1nn(C2=NC(C)(C)N=C2[O][AlH])cc1OC. The molecular weight excluding hydrogens is 259 g/mol. The van der Waals surface area contributed by atoms with Gasteiger partial charge in [0.25, 0.3) is 0 Å². The molecule has 101 valence electrons. The van der Waals surface area contributed by atoms with E-state index in [1.807, 2.05) is 20.0 Å². The summed E-state index contributed by atoms with van der Waals surface area (Å²) in [6, 6.07) is 0. The number of aliphatic imine (C=N–C) groups is 2. The van der Waals surface area contributed by atoms with Crippen LogP contribution in [0.1, 0.15) is 32.9 Å². The highest BCUT2D eigenvalue weighted by Gasteiger charge is 2.29. The van der Waals surface area contributed by atoms with Crippen molar-refractivity contribution < 1.29 is 8.53 Å². The molecule has 1 aromatic rings. The van der Waals surface area contributed by atoms with E-state index in [1.54, 1.807) is 11.8 Å². The van der Waals surface area contributed by atoms with Gasteiger partial charge in [0.2, 0.25) is 11.7 Å². The Kier molecular flexibility index (Phi) is 3.97. The van der Waals surface area contributed by atoms with E-state index in [9.17, 15) is 0 Å². The van der Waals surface area contributed by atoms with Crippen LogP contribution in [0.25, 0.3) is 0 Å². The van der Waals surface area contributed by atoms with E-state index in [1.165, 1.54) is 16.6 Å². The van der Waals surface area contributed by atoms with Crippen LogP contribution in [0.2, 0.25) is 0 Å². The molecule has 1 aliphatic rings. The third-order valence-electron chi connectivity index (χ3n) is 2.76. The maximum Gasteiger partial charge on any atom is 0.495 e. The Hall–Kier alpha value is -1.32. The Morgan fingerprint density at radius 1 is 1.37 bits per heavy atom. The second kappa shape index (κ2) is 5.35. The first-order chi connectivity index (χ1) is 9.00. The first-order valence-corrected chi connectivity index (χ1v) is 6.83. The number of aryl methyl sites for hydroxylation is 1. The molecule has 6 nitrogen and oxygen atoms in total. The van der Waals surface area contributed by atoms with Crippen LogP contribution in [-0.2, 0) is 10.2 Å². The second-order valence-electron chi connectivity index (χ2n) is 4.83. The van der Waals surface area contributed by atoms with E-state index in [4.69, 9.17) is 8.53 Å². The minimum absolute atomic E-state index is 0.505. The highest BCUT2D eigenvalue weighted by Crippen LogP contribution is 2.22. The van der Waals surface area contributed by atoms with Crippen LogP contribution in [0, 0.1) is 0 Å². The lowest BCUT2D eigenvalue weighted by molar-refractivity contribution is 0.409. The summed E-state index contributed by atoms with van der Waals surface area (Å²) < 4.78 is 12.3. The topological polar surface area (TPSA) is 61.0 Å². The van der Waals surface area contributed by atoms with Gasteiger partial charge in [-0.25, -0.2) is 14.7 Å². The predicted octanol–water partition coefficient (Wildman–Crippen LogP) is 1.07. The number of ether oxygens (including phenoxy) is 1. The Morgan fingerprint density at radius 2 is 2.11 bits per heavy atom. The van der Waals surface area contributed by atoms with Gasteiger partial charge in [0, 0.05) is 0 Å². The van der Waals surface area contributed by atoms with Crippen LogP contribution in [0.5, 0.6) is 5.75 Å². The molecule has 0 unspecified atom stereocenters. The third kappa shape index (κ3) is 2.82. The third-order valence-corrected chi connectivity index (χ3v) is 3.03. The van der Waals surface area contributed by atoms with E-state index in [0.29, 0.717) is 11.7 Å². The average molecular weight is 277 g/mol. The maximum absolute atomic E-state index is 5.34. The number of hydrogen-bond acceptors (Lipinski definition) is 5. The largest absolute Gasteiger partial charge is 0.634 e. The molecule has 0 saturated heterocycles. The zero-order valence-electron chi connectivity index (χ0n) is 11.8. The standard InChI is InChI=1S/C12H18N4O2.Al.H/c1-5-6-8-9(18-4)7-16(15-8)10-11(17)14-12(2,3)13-10;;/h7H,5-6H2,1-4H3,(H,14,17);;/q;+1;/p-1. The van der Waals surface area contributed by atoms with Gasteiger partial charge in [0.1, 0.15) is 5.69 Å². The number of methoxy groups -OCH3 is 1. The summed E-state index contributed by atoms with van der Waals surface area (Å²) in [4.78, 5) is 8.93. The van der Waals surface area contributed by atoms with E-state index in [0.717, 1.165) is 24.3 Å². The first-order valence-electron chi connectivity index (χ1n) is 6.25. The molecule has 0 aliphatic carbocycles. The lowest BCUT2D eigenvalue weighted by atomic mass is 10.2. The first kappa shape index (κ1) is 14.1. The predicted molar refractivity (Wildman–Crippen MR) is 75.4 cm³/mol. The number of aromatic nitrogens is 2. The minimum Gasteiger partial charge on any atom is -0.634 e. The van der Waals surface area contributed by atoms with Gasteiger partial charge in [0.05, 0.1) is 13.3 Å². The van der Waals surface area contributed by atoms with Crippen molar-refractivity contribution in [3.63, 3.8) is 0 Å². The van der Waals surface area contributed by atoms with E-state index < -0.39 is 5.66 Å². The van der Waals surface area contributed by atoms with Crippen LogP contribution in [0.4, 0.5) is 0 Å². The highest BCUT2D eigenvalue weighted by atomic mass is 27.1. The molecule has 2 heterocycles. The number of hydrogen-bond donors (Lipinski definition) is 0. The molecule has 1 radical (unpaired) electrons. The van der Waals surface area contributed by atoms with Gasteiger partial charge in [-0.2, -0.15) is 5.10 Å². The molecule has 0 fully saturated rings. The Labute approximate surface area is 121 Å². The Bertz CT molecular complexity index is 534. The zero-order chi connectivity index (χ0) is 14.0. The fourth-order valence-corrected chi connectivity index (χ4v) is 2.15. The van der Waals surface area contributed by atoms with Gasteiger partial charge in [-0.3, -0.25) is 0 Å².